The van der Waals surface area contributed by atoms with E-state index in [2.05, 4.69) is 31.8 Å². The van der Waals surface area contributed by atoms with Crippen molar-refractivity contribution in [2.45, 2.75) is 41.7 Å². The molecule has 2 aromatic heterocycles. The van der Waals surface area contributed by atoms with Gasteiger partial charge in [0, 0.05) is 58.5 Å². The molecule has 0 saturated carbocycles. The topological polar surface area (TPSA) is 90.0 Å². The Balaban J connectivity index is 1.26. The molecule has 5 rings (SSSR count). The van der Waals surface area contributed by atoms with E-state index in [4.69, 9.17) is 22.1 Å². The fraction of sp³-hybridized carbons (Fsp3) is 0.391. The summed E-state index contributed by atoms with van der Waals surface area (Å²) in [5.74, 6) is 0.755. The third kappa shape index (κ3) is 4.08. The van der Waals surface area contributed by atoms with E-state index in [1.54, 1.807) is 18.0 Å². The molecule has 0 radical (unpaired) electrons. The van der Waals surface area contributed by atoms with Crippen LogP contribution < -0.4 is 10.6 Å². The van der Waals surface area contributed by atoms with Gasteiger partial charge in [0.15, 0.2) is 0 Å². The summed E-state index contributed by atoms with van der Waals surface area (Å²) in [4.78, 5) is 21.6. The van der Waals surface area contributed by atoms with Gasteiger partial charge in [-0.3, -0.25) is 0 Å². The van der Waals surface area contributed by atoms with Crippen molar-refractivity contribution in [1.82, 2.24) is 19.9 Å². The van der Waals surface area contributed by atoms with Crippen molar-refractivity contribution < 1.29 is 4.74 Å². The van der Waals surface area contributed by atoms with E-state index in [9.17, 15) is 0 Å². The van der Waals surface area contributed by atoms with Crippen LogP contribution in [0.3, 0.4) is 0 Å². The average Bonchev–Trinajstić information content (AvgIpc) is 3.10. The first-order valence-electron chi connectivity index (χ1n) is 10.7. The fourth-order valence-electron chi connectivity index (χ4n) is 4.51. The first-order chi connectivity index (χ1) is 15.6. The second-order valence-electron chi connectivity index (χ2n) is 8.42. The summed E-state index contributed by atoms with van der Waals surface area (Å²) in [6.45, 7) is 4.61. The summed E-state index contributed by atoms with van der Waals surface area (Å²) in [7, 11) is 0. The molecule has 1 spiro atoms. The number of aromatic nitrogens is 4. The van der Waals surface area contributed by atoms with Crippen LogP contribution >= 0.6 is 23.4 Å². The first kappa shape index (κ1) is 21.6. The number of nitrogens with two attached hydrogens (primary N) is 1. The Morgan fingerprint density at radius 2 is 1.94 bits per heavy atom. The maximum Gasteiger partial charge on any atom is 0.225 e. The number of rotatable bonds is 4. The summed E-state index contributed by atoms with van der Waals surface area (Å²) >= 11 is 8.22. The van der Waals surface area contributed by atoms with Crippen molar-refractivity contribution >= 4 is 29.3 Å². The molecular formula is C23H25ClN6OS. The third-order valence-corrected chi connectivity index (χ3v) is 8.08. The molecule has 2 aliphatic heterocycles. The highest BCUT2D eigenvalue weighted by molar-refractivity contribution is 7.99. The van der Waals surface area contributed by atoms with Gasteiger partial charge < -0.3 is 15.4 Å². The maximum absolute atomic E-state index is 6.68. The van der Waals surface area contributed by atoms with Crippen molar-refractivity contribution in [1.29, 1.82) is 0 Å². The molecule has 0 bridgehead atoms. The predicted molar refractivity (Wildman–Crippen MR) is 126 cm³/mol. The van der Waals surface area contributed by atoms with Crippen molar-refractivity contribution in [3.63, 3.8) is 0 Å². The van der Waals surface area contributed by atoms with Gasteiger partial charge in [0.1, 0.15) is 6.33 Å². The number of hydrogen-bond acceptors (Lipinski definition) is 8. The van der Waals surface area contributed by atoms with Crippen molar-refractivity contribution in [2.75, 3.05) is 24.6 Å². The monoisotopic (exact) mass is 468 g/mol. The van der Waals surface area contributed by atoms with Crippen LogP contribution in [0, 0.1) is 5.41 Å². The van der Waals surface area contributed by atoms with Crippen LogP contribution in [-0.4, -0.2) is 51.8 Å². The van der Waals surface area contributed by atoms with Crippen LogP contribution in [0.1, 0.15) is 19.8 Å². The molecule has 2 aliphatic rings. The molecule has 166 valence electrons. The lowest BCUT2D eigenvalue weighted by Crippen LogP contribution is -2.50. The van der Waals surface area contributed by atoms with E-state index in [0.717, 1.165) is 59.5 Å². The number of anilines is 1. The lowest BCUT2D eigenvalue weighted by Gasteiger charge is -2.41. The van der Waals surface area contributed by atoms with Gasteiger partial charge in [0.05, 0.1) is 23.4 Å². The Labute approximate surface area is 196 Å². The number of ether oxygens (including phenoxy) is 1. The van der Waals surface area contributed by atoms with E-state index < -0.39 is 0 Å². The molecule has 0 amide bonds. The normalized spacial score (nSPS) is 22.4. The standard InChI is InChI=1S/C23H25ClN6OS/c1-15-21(25)23(13-31-15)6-9-30(10-7-23)22-27-11-16(12-28-22)32-19-4-2-3-17(20(19)24)18-5-8-26-14-29-18/h2-5,8,11-12,14-15,21H,6-7,9-10,13,25H2,1H3/t15-,21-/m0/s1. The van der Waals surface area contributed by atoms with E-state index in [-0.39, 0.29) is 17.6 Å². The van der Waals surface area contributed by atoms with Gasteiger partial charge in [-0.2, -0.15) is 0 Å². The third-order valence-electron chi connectivity index (χ3n) is 6.55. The molecule has 2 fully saturated rings. The number of nitrogens with zero attached hydrogens (tertiary/aromatic N) is 5. The second-order valence-corrected chi connectivity index (χ2v) is 9.92. The summed E-state index contributed by atoms with van der Waals surface area (Å²) in [6.07, 6.45) is 9.09. The molecule has 2 saturated heterocycles. The molecule has 4 heterocycles. The van der Waals surface area contributed by atoms with E-state index in [0.29, 0.717) is 5.02 Å². The maximum atomic E-state index is 6.68. The lowest BCUT2D eigenvalue weighted by atomic mass is 9.73. The first-order valence-corrected chi connectivity index (χ1v) is 11.9. The van der Waals surface area contributed by atoms with Gasteiger partial charge in [-0.05, 0) is 31.9 Å². The Kier molecular flexibility index (Phi) is 6.03. The quantitative estimate of drug-likeness (QED) is 0.612. The minimum absolute atomic E-state index is 0.0944. The second kappa shape index (κ2) is 8.94. The molecule has 0 aliphatic carbocycles. The minimum atomic E-state index is 0.0944. The zero-order valence-corrected chi connectivity index (χ0v) is 19.4. The summed E-state index contributed by atoms with van der Waals surface area (Å²) in [5.41, 5.74) is 8.20. The number of benzene rings is 1. The molecule has 2 N–H and O–H groups in total. The van der Waals surface area contributed by atoms with Crippen LogP contribution in [0.25, 0.3) is 11.3 Å². The van der Waals surface area contributed by atoms with Gasteiger partial charge in [0.25, 0.3) is 0 Å². The van der Waals surface area contributed by atoms with Crippen molar-refractivity contribution in [3.05, 3.63) is 54.2 Å². The highest BCUT2D eigenvalue weighted by Gasteiger charge is 2.47. The van der Waals surface area contributed by atoms with E-state index in [1.165, 1.54) is 6.33 Å². The highest BCUT2D eigenvalue weighted by atomic mass is 35.5. The number of piperidine rings is 1. The smallest absolute Gasteiger partial charge is 0.225 e. The Morgan fingerprint density at radius 3 is 2.59 bits per heavy atom. The van der Waals surface area contributed by atoms with Crippen LogP contribution in [0.15, 0.2) is 59.0 Å². The molecule has 3 aromatic rings. The van der Waals surface area contributed by atoms with Gasteiger partial charge in [0.2, 0.25) is 5.95 Å². The predicted octanol–water partition coefficient (Wildman–Crippen LogP) is 4.07. The average molecular weight is 469 g/mol. The zero-order chi connectivity index (χ0) is 22.1. The Morgan fingerprint density at radius 1 is 1.16 bits per heavy atom. The molecule has 9 heteroatoms. The van der Waals surface area contributed by atoms with Crippen LogP contribution in [-0.2, 0) is 4.74 Å². The van der Waals surface area contributed by atoms with Crippen LogP contribution in [0.5, 0.6) is 0 Å². The number of halogens is 1. The fourth-order valence-corrected chi connectivity index (χ4v) is 5.66. The van der Waals surface area contributed by atoms with Gasteiger partial charge >= 0.3 is 0 Å². The van der Waals surface area contributed by atoms with E-state index >= 15 is 0 Å². The number of hydrogen-bond donors (Lipinski definition) is 1. The van der Waals surface area contributed by atoms with Gasteiger partial charge in [-0.1, -0.05) is 35.5 Å². The largest absolute Gasteiger partial charge is 0.376 e. The Bertz CT molecular complexity index is 1080. The van der Waals surface area contributed by atoms with Crippen LogP contribution in [0.2, 0.25) is 5.02 Å². The highest BCUT2D eigenvalue weighted by Crippen LogP contribution is 2.42. The molecular weight excluding hydrogens is 444 g/mol. The molecule has 7 nitrogen and oxygen atoms in total. The van der Waals surface area contributed by atoms with Crippen molar-refractivity contribution in [3.8, 4) is 11.3 Å². The van der Waals surface area contributed by atoms with E-state index in [1.807, 2.05) is 36.7 Å². The van der Waals surface area contributed by atoms with Gasteiger partial charge in [-0.25, -0.2) is 19.9 Å². The summed E-state index contributed by atoms with van der Waals surface area (Å²) in [5, 5.41) is 0.658. The SMILES string of the molecule is C[C@@H]1OCC2(CCN(c3ncc(Sc4cccc(-c5ccncn5)c4Cl)cn3)CC2)[C@H]1N. The zero-order valence-electron chi connectivity index (χ0n) is 17.8. The summed E-state index contributed by atoms with van der Waals surface area (Å²) in [6, 6.07) is 7.88. The molecule has 32 heavy (non-hydrogen) atoms. The van der Waals surface area contributed by atoms with Crippen LogP contribution in [0.4, 0.5) is 5.95 Å². The Hall–Kier alpha value is -2.26. The molecule has 2 atom stereocenters. The lowest BCUT2D eigenvalue weighted by molar-refractivity contribution is 0.0973. The molecule has 0 unspecified atom stereocenters. The minimum Gasteiger partial charge on any atom is -0.376 e. The summed E-state index contributed by atoms with van der Waals surface area (Å²) < 4.78 is 5.82. The van der Waals surface area contributed by atoms with Gasteiger partial charge in [-0.15, -0.1) is 0 Å². The van der Waals surface area contributed by atoms with Crippen molar-refractivity contribution in [2.24, 2.45) is 11.1 Å². The molecule has 1 aromatic carbocycles.